The summed E-state index contributed by atoms with van der Waals surface area (Å²) in [4.78, 5) is 16.8. The van der Waals surface area contributed by atoms with E-state index in [1.807, 2.05) is 12.1 Å². The minimum absolute atomic E-state index is 0.0481. The van der Waals surface area contributed by atoms with Crippen molar-refractivity contribution in [2.45, 2.75) is 38.6 Å². The second kappa shape index (κ2) is 7.71. The van der Waals surface area contributed by atoms with Crippen LogP contribution in [0.15, 0.2) is 45.5 Å². The van der Waals surface area contributed by atoms with Crippen molar-refractivity contribution in [1.29, 1.82) is 0 Å². The molecule has 1 amide bonds. The Labute approximate surface area is 175 Å². The van der Waals surface area contributed by atoms with Crippen LogP contribution in [0, 0.1) is 18.6 Å². The van der Waals surface area contributed by atoms with E-state index in [0.29, 0.717) is 17.4 Å². The van der Waals surface area contributed by atoms with Crippen molar-refractivity contribution in [3.8, 4) is 11.5 Å². The molecule has 1 unspecified atom stereocenters. The number of carbonyl (C=O) groups is 1. The molecule has 1 aromatic heterocycles. The predicted octanol–water partition coefficient (Wildman–Crippen LogP) is 6.06. The van der Waals surface area contributed by atoms with E-state index in [4.69, 9.17) is 4.42 Å². The van der Waals surface area contributed by atoms with Crippen LogP contribution >= 0.6 is 15.9 Å². The van der Waals surface area contributed by atoms with Crippen molar-refractivity contribution in [3.63, 3.8) is 0 Å². The molecule has 1 aliphatic rings. The van der Waals surface area contributed by atoms with E-state index in [9.17, 15) is 13.6 Å². The average molecular weight is 461 g/mol. The number of benzene rings is 2. The van der Waals surface area contributed by atoms with Crippen LogP contribution in [0.5, 0.6) is 0 Å². The molecule has 1 aliphatic carbocycles. The predicted molar refractivity (Wildman–Crippen MR) is 109 cm³/mol. The molecule has 4 nitrogen and oxygen atoms in total. The Balaban J connectivity index is 1.51. The highest BCUT2D eigenvalue weighted by Crippen LogP contribution is 2.42. The molecule has 1 saturated carbocycles. The number of carbonyl (C=O) groups excluding carboxylic acids is 1. The molecule has 0 bridgehead atoms. The Morgan fingerprint density at radius 1 is 1.21 bits per heavy atom. The van der Waals surface area contributed by atoms with Gasteiger partial charge in [-0.3, -0.25) is 4.79 Å². The lowest BCUT2D eigenvalue weighted by molar-refractivity contribution is 0.0934. The Morgan fingerprint density at radius 2 is 1.90 bits per heavy atom. The van der Waals surface area contributed by atoms with Gasteiger partial charge in [0.1, 0.15) is 17.9 Å². The summed E-state index contributed by atoms with van der Waals surface area (Å²) >= 11 is 3.51. The third-order valence-corrected chi connectivity index (χ3v) is 5.56. The molecule has 1 fully saturated rings. The zero-order valence-electron chi connectivity index (χ0n) is 15.9. The van der Waals surface area contributed by atoms with Gasteiger partial charge in [0, 0.05) is 15.6 Å². The summed E-state index contributed by atoms with van der Waals surface area (Å²) in [5.74, 6) is -0.859. The number of hydrogen-bond acceptors (Lipinski definition) is 3. The number of nitrogens with one attached hydrogen (secondary N) is 1. The molecule has 1 heterocycles. The van der Waals surface area contributed by atoms with Gasteiger partial charge in [-0.15, -0.1) is 0 Å². The van der Waals surface area contributed by atoms with E-state index < -0.39 is 23.6 Å². The third-order valence-electron chi connectivity index (χ3n) is 5.10. The molecule has 4 rings (SSSR count). The number of nitrogens with zero attached hydrogens (tertiary/aromatic N) is 1. The van der Waals surface area contributed by atoms with Crippen molar-refractivity contribution in [3.05, 3.63) is 75.1 Å². The first-order valence-corrected chi connectivity index (χ1v) is 10.1. The molecule has 1 N–H and O–H groups in total. The molecule has 2 aromatic carbocycles. The maximum Gasteiger partial charge on any atom is 0.273 e. The van der Waals surface area contributed by atoms with Crippen LogP contribution in [-0.4, -0.2) is 10.9 Å². The first-order valence-electron chi connectivity index (χ1n) is 9.34. The molecule has 1 atom stereocenters. The second-order valence-electron chi connectivity index (χ2n) is 7.39. The number of rotatable bonds is 5. The zero-order chi connectivity index (χ0) is 20.7. The fourth-order valence-corrected chi connectivity index (χ4v) is 3.68. The second-order valence-corrected chi connectivity index (χ2v) is 8.31. The van der Waals surface area contributed by atoms with E-state index in [1.54, 1.807) is 6.92 Å². The molecule has 0 radical (unpaired) electrons. The maximum atomic E-state index is 13.8. The van der Waals surface area contributed by atoms with Crippen molar-refractivity contribution in [2.75, 3.05) is 0 Å². The summed E-state index contributed by atoms with van der Waals surface area (Å²) in [6, 6.07) is 7.84. The van der Waals surface area contributed by atoms with Gasteiger partial charge in [0.15, 0.2) is 5.69 Å². The Morgan fingerprint density at radius 3 is 2.55 bits per heavy atom. The van der Waals surface area contributed by atoms with E-state index in [-0.39, 0.29) is 11.3 Å². The average Bonchev–Trinajstić information content (AvgIpc) is 3.41. The minimum Gasteiger partial charge on any atom is -0.444 e. The van der Waals surface area contributed by atoms with Gasteiger partial charge in [-0.2, -0.15) is 0 Å². The SMILES string of the molecule is Cc1c(F)cc(C(C)NC(=O)c2coc(-c3cc(Br)cc(C4CC4)c3)n2)cc1F. The Hall–Kier alpha value is -2.54. The molecule has 150 valence electrons. The first-order chi connectivity index (χ1) is 13.8. The molecule has 0 spiro atoms. The molecule has 0 aliphatic heterocycles. The van der Waals surface area contributed by atoms with Crippen molar-refractivity contribution >= 4 is 21.8 Å². The van der Waals surface area contributed by atoms with Gasteiger partial charge in [-0.25, -0.2) is 13.8 Å². The van der Waals surface area contributed by atoms with Crippen LogP contribution in [0.3, 0.4) is 0 Å². The highest BCUT2D eigenvalue weighted by molar-refractivity contribution is 9.10. The number of amides is 1. The van der Waals surface area contributed by atoms with Gasteiger partial charge in [0.25, 0.3) is 5.91 Å². The molecule has 7 heteroatoms. The topological polar surface area (TPSA) is 55.1 Å². The number of aromatic nitrogens is 1. The van der Waals surface area contributed by atoms with Crippen LogP contribution in [0.1, 0.15) is 58.9 Å². The monoisotopic (exact) mass is 460 g/mol. The molecule has 3 aromatic rings. The van der Waals surface area contributed by atoms with Gasteiger partial charge in [-0.05, 0) is 74.1 Å². The third kappa shape index (κ3) is 4.24. The fraction of sp³-hybridized carbons (Fsp3) is 0.273. The van der Waals surface area contributed by atoms with Gasteiger partial charge in [0.05, 0.1) is 6.04 Å². The molecule has 29 heavy (non-hydrogen) atoms. The number of hydrogen-bond donors (Lipinski definition) is 1. The largest absolute Gasteiger partial charge is 0.444 e. The van der Waals surface area contributed by atoms with E-state index in [2.05, 4.69) is 32.3 Å². The maximum absolute atomic E-state index is 13.8. The highest BCUT2D eigenvalue weighted by Gasteiger charge is 2.25. The minimum atomic E-state index is -0.647. The van der Waals surface area contributed by atoms with Crippen molar-refractivity contribution < 1.29 is 18.0 Å². The van der Waals surface area contributed by atoms with E-state index in [1.165, 1.54) is 43.7 Å². The van der Waals surface area contributed by atoms with Gasteiger partial charge < -0.3 is 9.73 Å². The van der Waals surface area contributed by atoms with Gasteiger partial charge in [-0.1, -0.05) is 15.9 Å². The Bertz CT molecular complexity index is 1070. The lowest BCUT2D eigenvalue weighted by Crippen LogP contribution is -2.27. The van der Waals surface area contributed by atoms with Gasteiger partial charge >= 0.3 is 0 Å². The van der Waals surface area contributed by atoms with Crippen LogP contribution < -0.4 is 5.32 Å². The molecule has 0 saturated heterocycles. The summed E-state index contributed by atoms with van der Waals surface area (Å²) in [6.07, 6.45) is 3.63. The van der Waals surface area contributed by atoms with Crippen LogP contribution in [0.25, 0.3) is 11.5 Å². The lowest BCUT2D eigenvalue weighted by Gasteiger charge is -2.14. The summed E-state index contributed by atoms with van der Waals surface area (Å²) < 4.78 is 34.0. The summed E-state index contributed by atoms with van der Waals surface area (Å²) in [5.41, 5.74) is 2.40. The van der Waals surface area contributed by atoms with E-state index in [0.717, 1.165) is 10.0 Å². The normalized spacial score (nSPS) is 14.7. The van der Waals surface area contributed by atoms with Crippen LogP contribution in [0.2, 0.25) is 0 Å². The standard InChI is InChI=1S/C22H19BrF2N2O2/c1-11-18(24)8-14(9-19(11)25)12(2)26-21(28)20-10-29-22(27-20)16-5-15(13-3-4-13)6-17(23)7-16/h5-10,12-13H,3-4H2,1-2H3,(H,26,28). The highest BCUT2D eigenvalue weighted by atomic mass is 79.9. The van der Waals surface area contributed by atoms with Crippen LogP contribution in [-0.2, 0) is 0 Å². The van der Waals surface area contributed by atoms with Crippen LogP contribution in [0.4, 0.5) is 8.78 Å². The summed E-state index contributed by atoms with van der Waals surface area (Å²) in [6.45, 7) is 3.02. The first kappa shape index (κ1) is 19.8. The number of halogens is 3. The van der Waals surface area contributed by atoms with Gasteiger partial charge in [0.2, 0.25) is 5.89 Å². The molecular formula is C22H19BrF2N2O2. The smallest absolute Gasteiger partial charge is 0.273 e. The lowest BCUT2D eigenvalue weighted by atomic mass is 10.1. The van der Waals surface area contributed by atoms with Crippen molar-refractivity contribution in [2.24, 2.45) is 0 Å². The zero-order valence-corrected chi connectivity index (χ0v) is 17.5. The Kier molecular flexibility index (Phi) is 5.25. The number of oxazole rings is 1. The van der Waals surface area contributed by atoms with Crippen molar-refractivity contribution in [1.82, 2.24) is 10.3 Å². The summed E-state index contributed by atoms with van der Waals surface area (Å²) in [7, 11) is 0. The molecular weight excluding hydrogens is 442 g/mol. The van der Waals surface area contributed by atoms with E-state index >= 15 is 0 Å². The quantitative estimate of drug-likeness (QED) is 0.503. The fourth-order valence-electron chi connectivity index (χ4n) is 3.17. The summed E-state index contributed by atoms with van der Waals surface area (Å²) in [5, 5.41) is 2.70.